The number of rotatable bonds is 3. The van der Waals surface area contributed by atoms with Crippen LogP contribution >= 0.6 is 15.9 Å². The first kappa shape index (κ1) is 12.6. The van der Waals surface area contributed by atoms with Crippen LogP contribution in [0.4, 0.5) is 0 Å². The van der Waals surface area contributed by atoms with Crippen molar-refractivity contribution >= 4 is 28.1 Å². The van der Waals surface area contributed by atoms with Gasteiger partial charge in [0.25, 0.3) is 5.91 Å². The summed E-state index contributed by atoms with van der Waals surface area (Å²) in [5.41, 5.74) is 2.66. The summed E-state index contributed by atoms with van der Waals surface area (Å²) in [5, 5.41) is 7.79. The molecule has 7 heteroatoms. The van der Waals surface area contributed by atoms with E-state index in [1.54, 1.807) is 24.0 Å². The quantitative estimate of drug-likeness (QED) is 0.694. The van der Waals surface area contributed by atoms with Crippen molar-refractivity contribution in [2.45, 2.75) is 6.92 Å². The van der Waals surface area contributed by atoms with Gasteiger partial charge in [0.05, 0.1) is 10.7 Å². The van der Waals surface area contributed by atoms with Crippen LogP contribution in [0.25, 0.3) is 0 Å². The number of halogens is 1. The Kier molecular flexibility index (Phi) is 3.61. The second-order valence-corrected chi connectivity index (χ2v) is 4.50. The number of nitrogens with zero attached hydrogens (tertiary/aromatic N) is 3. The highest BCUT2D eigenvalue weighted by Crippen LogP contribution is 2.13. The van der Waals surface area contributed by atoms with E-state index < -0.39 is 0 Å². The van der Waals surface area contributed by atoms with Crippen LogP contribution in [0.3, 0.4) is 0 Å². The second-order valence-electron chi connectivity index (χ2n) is 3.65. The van der Waals surface area contributed by atoms with Crippen LogP contribution in [0.1, 0.15) is 22.0 Å². The fourth-order valence-corrected chi connectivity index (χ4v) is 1.90. The van der Waals surface area contributed by atoms with Crippen molar-refractivity contribution < 1.29 is 9.21 Å². The molecular weight excluding hydrogens is 300 g/mol. The minimum atomic E-state index is -0.387. The minimum Gasteiger partial charge on any atom is -0.460 e. The molecule has 0 spiro atoms. The lowest BCUT2D eigenvalue weighted by atomic mass is 10.4. The van der Waals surface area contributed by atoms with Crippen molar-refractivity contribution in [2.24, 2.45) is 12.1 Å². The number of hydrazone groups is 1. The summed E-state index contributed by atoms with van der Waals surface area (Å²) in [6.45, 7) is 1.83. The molecule has 1 N–H and O–H groups in total. The number of furan rings is 1. The van der Waals surface area contributed by atoms with E-state index in [0.29, 0.717) is 10.2 Å². The van der Waals surface area contributed by atoms with E-state index >= 15 is 0 Å². The third-order valence-corrected chi connectivity index (χ3v) is 2.70. The largest absolute Gasteiger partial charge is 0.460 e. The van der Waals surface area contributed by atoms with E-state index in [1.807, 2.05) is 13.0 Å². The SMILES string of the molecule is Cc1ccc(/C=N/NC(=O)c2nn(C)cc2Br)o1. The Bertz CT molecular complexity index is 600. The summed E-state index contributed by atoms with van der Waals surface area (Å²) in [6, 6.07) is 3.58. The predicted octanol–water partition coefficient (Wildman–Crippen LogP) is 1.85. The lowest BCUT2D eigenvalue weighted by molar-refractivity contribution is 0.0948. The van der Waals surface area contributed by atoms with Gasteiger partial charge in [-0.2, -0.15) is 10.2 Å². The van der Waals surface area contributed by atoms with Crippen molar-refractivity contribution in [2.75, 3.05) is 0 Å². The number of hydrogen-bond donors (Lipinski definition) is 1. The summed E-state index contributed by atoms with van der Waals surface area (Å²) in [4.78, 5) is 11.7. The van der Waals surface area contributed by atoms with Gasteiger partial charge in [0, 0.05) is 13.2 Å². The molecule has 18 heavy (non-hydrogen) atoms. The predicted molar refractivity (Wildman–Crippen MR) is 69.4 cm³/mol. The molecule has 2 heterocycles. The van der Waals surface area contributed by atoms with Gasteiger partial charge in [0.1, 0.15) is 11.5 Å². The molecule has 0 bridgehead atoms. The van der Waals surface area contributed by atoms with Crippen LogP contribution in [0.15, 0.2) is 32.3 Å². The first-order chi connectivity index (χ1) is 8.56. The number of hydrogen-bond acceptors (Lipinski definition) is 4. The monoisotopic (exact) mass is 310 g/mol. The maximum atomic E-state index is 11.7. The van der Waals surface area contributed by atoms with E-state index in [1.165, 1.54) is 6.21 Å². The molecule has 0 atom stereocenters. The standard InChI is InChI=1S/C11H11BrN4O2/c1-7-3-4-8(18-7)5-13-14-11(17)10-9(12)6-16(2)15-10/h3-6H,1-2H3,(H,14,17)/b13-5+. The number of nitrogens with one attached hydrogen (secondary N) is 1. The third kappa shape index (κ3) is 2.86. The number of carbonyl (C=O) groups is 1. The Balaban J connectivity index is 2.00. The van der Waals surface area contributed by atoms with Crippen LogP contribution in [0, 0.1) is 6.92 Å². The Morgan fingerprint density at radius 1 is 1.61 bits per heavy atom. The van der Waals surface area contributed by atoms with Gasteiger partial charge in [-0.25, -0.2) is 5.43 Å². The molecule has 2 aromatic rings. The average molecular weight is 311 g/mol. The van der Waals surface area contributed by atoms with Gasteiger partial charge >= 0.3 is 0 Å². The van der Waals surface area contributed by atoms with Crippen LogP contribution < -0.4 is 5.43 Å². The third-order valence-electron chi connectivity index (χ3n) is 2.12. The van der Waals surface area contributed by atoms with Crippen molar-refractivity contribution in [3.05, 3.63) is 40.0 Å². The van der Waals surface area contributed by atoms with Crippen molar-refractivity contribution in [1.82, 2.24) is 15.2 Å². The second kappa shape index (κ2) is 5.18. The molecular formula is C11H11BrN4O2. The van der Waals surface area contributed by atoms with Gasteiger partial charge < -0.3 is 4.42 Å². The lowest BCUT2D eigenvalue weighted by Crippen LogP contribution is -2.18. The van der Waals surface area contributed by atoms with Gasteiger partial charge in [-0.05, 0) is 35.0 Å². The normalized spacial score (nSPS) is 11.1. The first-order valence-electron chi connectivity index (χ1n) is 5.15. The van der Waals surface area contributed by atoms with E-state index in [2.05, 4.69) is 31.6 Å². The van der Waals surface area contributed by atoms with Crippen LogP contribution in [-0.2, 0) is 7.05 Å². The number of amides is 1. The summed E-state index contributed by atoms with van der Waals surface area (Å²) < 4.78 is 7.43. The molecule has 0 radical (unpaired) electrons. The maximum Gasteiger partial charge on any atom is 0.293 e. The minimum absolute atomic E-state index is 0.283. The Morgan fingerprint density at radius 3 is 2.94 bits per heavy atom. The van der Waals surface area contributed by atoms with E-state index in [9.17, 15) is 4.79 Å². The van der Waals surface area contributed by atoms with Crippen molar-refractivity contribution in [3.63, 3.8) is 0 Å². The molecule has 94 valence electrons. The highest BCUT2D eigenvalue weighted by atomic mass is 79.9. The van der Waals surface area contributed by atoms with Crippen molar-refractivity contribution in [3.8, 4) is 0 Å². The molecule has 0 aliphatic carbocycles. The highest BCUT2D eigenvalue weighted by Gasteiger charge is 2.13. The molecule has 1 amide bonds. The van der Waals surface area contributed by atoms with Crippen LogP contribution in [0.5, 0.6) is 0 Å². The van der Waals surface area contributed by atoms with Crippen molar-refractivity contribution in [1.29, 1.82) is 0 Å². The first-order valence-corrected chi connectivity index (χ1v) is 5.94. The van der Waals surface area contributed by atoms with E-state index in [0.717, 1.165) is 5.76 Å². The molecule has 0 saturated carbocycles. The van der Waals surface area contributed by atoms with Gasteiger partial charge in [-0.15, -0.1) is 0 Å². The smallest absolute Gasteiger partial charge is 0.293 e. The van der Waals surface area contributed by atoms with E-state index in [-0.39, 0.29) is 11.6 Å². The number of aryl methyl sites for hydroxylation is 2. The summed E-state index contributed by atoms with van der Waals surface area (Å²) in [5.74, 6) is 0.977. The lowest BCUT2D eigenvalue weighted by Gasteiger charge is -1.95. The van der Waals surface area contributed by atoms with Gasteiger partial charge in [0.15, 0.2) is 5.69 Å². The molecule has 0 fully saturated rings. The Morgan fingerprint density at radius 2 is 2.39 bits per heavy atom. The molecule has 0 saturated heterocycles. The summed E-state index contributed by atoms with van der Waals surface area (Å²) >= 11 is 3.24. The van der Waals surface area contributed by atoms with E-state index in [4.69, 9.17) is 4.42 Å². The van der Waals surface area contributed by atoms with Gasteiger partial charge in [-0.3, -0.25) is 9.48 Å². The zero-order valence-electron chi connectivity index (χ0n) is 9.85. The Labute approximate surface area is 112 Å². The molecule has 0 aliphatic rings. The average Bonchev–Trinajstić information content (AvgIpc) is 2.85. The van der Waals surface area contributed by atoms with Gasteiger partial charge in [0.2, 0.25) is 0 Å². The Hall–Kier alpha value is -1.89. The molecule has 2 aromatic heterocycles. The zero-order chi connectivity index (χ0) is 13.1. The molecule has 0 aliphatic heterocycles. The number of carbonyl (C=O) groups excluding carboxylic acids is 1. The fraction of sp³-hybridized carbons (Fsp3) is 0.182. The van der Waals surface area contributed by atoms with Crippen LogP contribution in [-0.4, -0.2) is 21.9 Å². The zero-order valence-corrected chi connectivity index (χ0v) is 11.4. The van der Waals surface area contributed by atoms with Gasteiger partial charge in [-0.1, -0.05) is 0 Å². The number of aromatic nitrogens is 2. The summed E-state index contributed by atoms with van der Waals surface area (Å²) in [7, 11) is 1.73. The molecule has 6 nitrogen and oxygen atoms in total. The molecule has 0 unspecified atom stereocenters. The summed E-state index contributed by atoms with van der Waals surface area (Å²) in [6.07, 6.45) is 3.12. The fourth-order valence-electron chi connectivity index (χ4n) is 1.34. The van der Waals surface area contributed by atoms with Crippen LogP contribution in [0.2, 0.25) is 0 Å². The molecule has 2 rings (SSSR count). The molecule has 0 aromatic carbocycles. The topological polar surface area (TPSA) is 72.4 Å². The highest BCUT2D eigenvalue weighted by molar-refractivity contribution is 9.10. The maximum absolute atomic E-state index is 11.7.